The van der Waals surface area contributed by atoms with E-state index < -0.39 is 0 Å². The fourth-order valence-electron chi connectivity index (χ4n) is 2.11. The average Bonchev–Trinajstić information content (AvgIpc) is 2.41. The van der Waals surface area contributed by atoms with E-state index in [9.17, 15) is 0 Å². The summed E-state index contributed by atoms with van der Waals surface area (Å²) < 4.78 is 0. The summed E-state index contributed by atoms with van der Waals surface area (Å²) in [6.07, 6.45) is 1.27. The number of hydrogen-bond donors (Lipinski definition) is 1. The summed E-state index contributed by atoms with van der Waals surface area (Å²) in [7, 11) is 2.14. The van der Waals surface area contributed by atoms with Crippen LogP contribution in [0.1, 0.15) is 6.42 Å². The predicted molar refractivity (Wildman–Crippen MR) is 35.1 cm³/mol. The highest BCUT2D eigenvalue weighted by Gasteiger charge is 2.59. The van der Waals surface area contributed by atoms with Gasteiger partial charge in [0, 0.05) is 25.1 Å². The fraction of sp³-hybridized carbons (Fsp3) is 1.00. The van der Waals surface area contributed by atoms with Gasteiger partial charge in [-0.1, -0.05) is 0 Å². The summed E-state index contributed by atoms with van der Waals surface area (Å²) in [6.45, 7) is 2.85. The minimum atomic E-state index is 0.411. The van der Waals surface area contributed by atoms with Crippen LogP contribution in [0, 0.1) is 11.3 Å². The number of rotatable bonds is 1. The molecule has 2 aliphatic rings. The first-order valence-electron chi connectivity index (χ1n) is 3.56. The summed E-state index contributed by atoms with van der Waals surface area (Å²) >= 11 is 0. The fourth-order valence-corrected chi connectivity index (χ4v) is 2.11. The molecule has 0 bridgehead atoms. The Morgan fingerprint density at radius 1 is 1.67 bits per heavy atom. The van der Waals surface area contributed by atoms with Crippen molar-refractivity contribution in [3.8, 4) is 0 Å². The second kappa shape index (κ2) is 1.50. The lowest BCUT2D eigenvalue weighted by atomic mass is 9.95. The second-order valence-corrected chi connectivity index (χ2v) is 3.62. The summed E-state index contributed by atoms with van der Waals surface area (Å²) in [6, 6.07) is 0. The smallest absolute Gasteiger partial charge is 0.0465 e. The molecule has 0 aromatic heterocycles. The van der Waals surface area contributed by atoms with Gasteiger partial charge in [-0.3, -0.25) is 0 Å². The van der Waals surface area contributed by atoms with Crippen LogP contribution in [0.2, 0.25) is 0 Å². The Morgan fingerprint density at radius 2 is 2.33 bits per heavy atom. The van der Waals surface area contributed by atoms with Crippen molar-refractivity contribution < 1.29 is 5.11 Å². The standard InChI is InChI=1S/C7H13NO/c1-8-4-7(5-8)2-6(7)3-9/h6,9H,2-5H2,1H3. The van der Waals surface area contributed by atoms with Gasteiger partial charge in [0.25, 0.3) is 0 Å². The summed E-state index contributed by atoms with van der Waals surface area (Å²) in [5, 5.41) is 8.77. The molecule has 2 nitrogen and oxygen atoms in total. The maximum absolute atomic E-state index is 8.77. The third-order valence-electron chi connectivity index (χ3n) is 2.75. The molecule has 1 heterocycles. The molecule has 1 saturated heterocycles. The Kier molecular flexibility index (Phi) is 0.945. The number of likely N-dealkylation sites (tertiary alicyclic amines) is 1. The lowest BCUT2D eigenvalue weighted by Gasteiger charge is -2.37. The van der Waals surface area contributed by atoms with Crippen molar-refractivity contribution >= 4 is 0 Å². The first-order chi connectivity index (χ1) is 4.27. The highest BCUT2D eigenvalue weighted by Crippen LogP contribution is 2.57. The number of aliphatic hydroxyl groups is 1. The van der Waals surface area contributed by atoms with E-state index in [1.165, 1.54) is 19.5 Å². The van der Waals surface area contributed by atoms with Gasteiger partial charge in [-0.2, -0.15) is 0 Å². The molecule has 9 heavy (non-hydrogen) atoms. The van der Waals surface area contributed by atoms with Gasteiger partial charge in [0.15, 0.2) is 0 Å². The van der Waals surface area contributed by atoms with E-state index in [1.807, 2.05) is 0 Å². The van der Waals surface area contributed by atoms with Gasteiger partial charge in [0.1, 0.15) is 0 Å². The van der Waals surface area contributed by atoms with E-state index >= 15 is 0 Å². The molecule has 1 atom stereocenters. The first-order valence-corrected chi connectivity index (χ1v) is 3.56. The second-order valence-electron chi connectivity index (χ2n) is 3.62. The van der Waals surface area contributed by atoms with Crippen molar-refractivity contribution in [3.63, 3.8) is 0 Å². The molecule has 0 amide bonds. The monoisotopic (exact) mass is 127 g/mol. The minimum Gasteiger partial charge on any atom is -0.396 e. The summed E-state index contributed by atoms with van der Waals surface area (Å²) in [4.78, 5) is 2.32. The SMILES string of the molecule is CN1CC2(CC2CO)C1. The van der Waals surface area contributed by atoms with Gasteiger partial charge < -0.3 is 10.0 Å². The predicted octanol–water partition coefficient (Wildman–Crippen LogP) is -0.0696. The van der Waals surface area contributed by atoms with Crippen molar-refractivity contribution in [2.75, 3.05) is 26.7 Å². The van der Waals surface area contributed by atoms with Crippen molar-refractivity contribution in [2.24, 2.45) is 11.3 Å². The van der Waals surface area contributed by atoms with Gasteiger partial charge >= 0.3 is 0 Å². The molecule has 0 aromatic rings. The molecule has 0 radical (unpaired) electrons. The third kappa shape index (κ3) is 0.634. The van der Waals surface area contributed by atoms with Crippen LogP contribution in [0.5, 0.6) is 0 Å². The van der Waals surface area contributed by atoms with Crippen LogP contribution in [-0.2, 0) is 0 Å². The maximum atomic E-state index is 8.77. The van der Waals surface area contributed by atoms with Crippen LogP contribution < -0.4 is 0 Å². The summed E-state index contributed by atoms with van der Waals surface area (Å²) in [5.74, 6) is 0.647. The molecule has 1 aliphatic heterocycles. The molecule has 1 spiro atoms. The van der Waals surface area contributed by atoms with Gasteiger partial charge in [-0.15, -0.1) is 0 Å². The van der Waals surface area contributed by atoms with E-state index in [0.717, 1.165) is 0 Å². The topological polar surface area (TPSA) is 23.5 Å². The molecule has 1 N–H and O–H groups in total. The Bertz CT molecular complexity index is 129. The van der Waals surface area contributed by atoms with Gasteiger partial charge in [-0.25, -0.2) is 0 Å². The lowest BCUT2D eigenvalue weighted by molar-refractivity contribution is 0.0861. The van der Waals surface area contributed by atoms with Crippen molar-refractivity contribution in [1.82, 2.24) is 4.90 Å². The van der Waals surface area contributed by atoms with Gasteiger partial charge in [0.2, 0.25) is 0 Å². The quantitative estimate of drug-likeness (QED) is 0.533. The van der Waals surface area contributed by atoms with E-state index in [4.69, 9.17) is 5.11 Å². The molecular formula is C7H13NO. The van der Waals surface area contributed by atoms with Crippen LogP contribution in [0.4, 0.5) is 0 Å². The van der Waals surface area contributed by atoms with E-state index in [1.54, 1.807) is 0 Å². The normalized spacial score (nSPS) is 38.7. The molecule has 52 valence electrons. The number of nitrogens with zero attached hydrogens (tertiary/aromatic N) is 1. The minimum absolute atomic E-state index is 0.411. The largest absolute Gasteiger partial charge is 0.396 e. The molecule has 0 aromatic carbocycles. The van der Waals surface area contributed by atoms with Crippen LogP contribution >= 0.6 is 0 Å². The Labute approximate surface area is 55.5 Å². The van der Waals surface area contributed by atoms with Crippen molar-refractivity contribution in [1.29, 1.82) is 0 Å². The molecule has 1 aliphatic carbocycles. The zero-order chi connectivity index (χ0) is 6.48. The molecule has 2 heteroatoms. The Hall–Kier alpha value is -0.0800. The number of aliphatic hydroxyl groups excluding tert-OH is 1. The molecule has 2 rings (SSSR count). The lowest BCUT2D eigenvalue weighted by Crippen LogP contribution is -2.46. The molecule has 1 unspecified atom stereocenters. The highest BCUT2D eigenvalue weighted by molar-refractivity contribution is 5.10. The van der Waals surface area contributed by atoms with Gasteiger partial charge in [-0.05, 0) is 19.4 Å². The summed E-state index contributed by atoms with van der Waals surface area (Å²) in [5.41, 5.74) is 0.587. The van der Waals surface area contributed by atoms with Gasteiger partial charge in [0.05, 0.1) is 0 Å². The highest BCUT2D eigenvalue weighted by atomic mass is 16.3. The molecule has 1 saturated carbocycles. The Balaban J connectivity index is 1.89. The zero-order valence-corrected chi connectivity index (χ0v) is 5.80. The average molecular weight is 127 g/mol. The maximum Gasteiger partial charge on any atom is 0.0465 e. The zero-order valence-electron chi connectivity index (χ0n) is 5.80. The first kappa shape index (κ1) is 5.69. The van der Waals surface area contributed by atoms with E-state index in [0.29, 0.717) is 17.9 Å². The van der Waals surface area contributed by atoms with Crippen LogP contribution in [0.25, 0.3) is 0 Å². The van der Waals surface area contributed by atoms with Crippen LogP contribution in [0.15, 0.2) is 0 Å². The van der Waals surface area contributed by atoms with Crippen LogP contribution in [-0.4, -0.2) is 36.8 Å². The third-order valence-corrected chi connectivity index (χ3v) is 2.75. The van der Waals surface area contributed by atoms with Crippen molar-refractivity contribution in [2.45, 2.75) is 6.42 Å². The Morgan fingerprint density at radius 3 is 2.67 bits per heavy atom. The van der Waals surface area contributed by atoms with Crippen molar-refractivity contribution in [3.05, 3.63) is 0 Å². The van der Waals surface area contributed by atoms with Crippen LogP contribution in [0.3, 0.4) is 0 Å². The number of hydrogen-bond acceptors (Lipinski definition) is 2. The van der Waals surface area contributed by atoms with E-state index in [-0.39, 0.29) is 0 Å². The molecular weight excluding hydrogens is 114 g/mol. The van der Waals surface area contributed by atoms with E-state index in [2.05, 4.69) is 11.9 Å². The molecule has 2 fully saturated rings.